The van der Waals surface area contributed by atoms with Gasteiger partial charge in [-0.05, 0) is 85.2 Å². The van der Waals surface area contributed by atoms with Crippen LogP contribution in [0.4, 0.5) is 0 Å². The Hall–Kier alpha value is -3.40. The van der Waals surface area contributed by atoms with E-state index < -0.39 is 15.9 Å². The number of aromatic nitrogens is 1. The number of nitrogens with one attached hydrogen (secondary N) is 2. The average Bonchev–Trinajstić information content (AvgIpc) is 3.54. The van der Waals surface area contributed by atoms with Crippen LogP contribution in [0, 0.1) is 6.92 Å². The van der Waals surface area contributed by atoms with Gasteiger partial charge in [0, 0.05) is 31.2 Å². The van der Waals surface area contributed by atoms with Gasteiger partial charge < -0.3 is 20.5 Å². The van der Waals surface area contributed by atoms with Crippen LogP contribution >= 0.6 is 0 Å². The summed E-state index contributed by atoms with van der Waals surface area (Å²) in [4.78, 5) is 15.7. The minimum Gasteiger partial charge on any atom is -0.465 e. The van der Waals surface area contributed by atoms with E-state index in [2.05, 4.69) is 28.5 Å². The van der Waals surface area contributed by atoms with Gasteiger partial charge in [0.05, 0.1) is 23.4 Å². The molecule has 3 heterocycles. The summed E-state index contributed by atoms with van der Waals surface area (Å²) >= 11 is 0. The maximum absolute atomic E-state index is 12.4. The maximum Gasteiger partial charge on any atom is 0.250 e. The molecule has 5 rings (SSSR count). The fourth-order valence-corrected chi connectivity index (χ4v) is 6.48. The number of rotatable bonds is 9. The van der Waals surface area contributed by atoms with Crippen molar-refractivity contribution in [1.82, 2.24) is 14.6 Å². The summed E-state index contributed by atoms with van der Waals surface area (Å²) < 4.78 is 31.8. The second kappa shape index (κ2) is 10.8. The summed E-state index contributed by atoms with van der Waals surface area (Å²) in [6.07, 6.45) is 3.42. The second-order valence-corrected chi connectivity index (χ2v) is 12.2. The van der Waals surface area contributed by atoms with Gasteiger partial charge in [0.1, 0.15) is 11.5 Å². The monoisotopic (exact) mass is 534 g/mol. The number of hydrogen-bond acceptors (Lipinski definition) is 5. The van der Waals surface area contributed by atoms with Gasteiger partial charge in [-0.25, -0.2) is 12.7 Å². The number of fused-ring (bicyclic) bond motifs is 1. The van der Waals surface area contributed by atoms with Crippen molar-refractivity contribution >= 4 is 26.8 Å². The number of aromatic amines is 1. The van der Waals surface area contributed by atoms with Crippen LogP contribution in [-0.4, -0.2) is 42.5 Å². The van der Waals surface area contributed by atoms with Crippen LogP contribution in [0.25, 0.3) is 22.0 Å². The quantitative estimate of drug-likeness (QED) is 0.289. The highest BCUT2D eigenvalue weighted by molar-refractivity contribution is 7.89. The van der Waals surface area contributed by atoms with E-state index in [0.717, 1.165) is 57.5 Å². The Morgan fingerprint density at radius 1 is 1.11 bits per heavy atom. The summed E-state index contributed by atoms with van der Waals surface area (Å²) in [6.45, 7) is 5.93. The Balaban J connectivity index is 1.41. The largest absolute Gasteiger partial charge is 0.465 e. The zero-order chi connectivity index (χ0) is 26.9. The van der Waals surface area contributed by atoms with Gasteiger partial charge in [0.25, 0.3) is 5.91 Å². The van der Waals surface area contributed by atoms with Gasteiger partial charge >= 0.3 is 0 Å². The standard InChI is InChI=1S/C29H34N4O4S/c1-3-38(35,36)33-11-9-21(10-12-33)27-18-32-28-25(27)14-23(15-26(28)29(30)34)22-6-4-5-20(13-22)16-31-17-24-8-7-19(2)37-24/h4-8,13-15,18,21,31-32H,3,9-12,16-17H2,1-2H3,(H2,30,34). The van der Waals surface area contributed by atoms with Crippen LogP contribution in [0.1, 0.15) is 58.7 Å². The highest BCUT2D eigenvalue weighted by Gasteiger charge is 2.29. The molecule has 4 N–H and O–H groups in total. The molecular formula is C29H34N4O4S. The molecule has 9 heteroatoms. The number of amides is 1. The lowest BCUT2D eigenvalue weighted by Crippen LogP contribution is -2.38. The summed E-state index contributed by atoms with van der Waals surface area (Å²) in [6, 6.07) is 16.1. The smallest absolute Gasteiger partial charge is 0.250 e. The molecule has 0 aliphatic carbocycles. The number of hydrogen-bond donors (Lipinski definition) is 3. The SMILES string of the molecule is CCS(=O)(=O)N1CCC(c2c[nH]c3c(C(N)=O)cc(-c4cccc(CNCc5ccc(C)o5)c4)cc23)CC1. The predicted octanol–water partition coefficient (Wildman–Crippen LogP) is 4.65. The van der Waals surface area contributed by atoms with Crippen LogP contribution in [0.5, 0.6) is 0 Å². The van der Waals surface area contributed by atoms with Crippen LogP contribution < -0.4 is 11.1 Å². The molecule has 2 aromatic heterocycles. The Morgan fingerprint density at radius 3 is 2.58 bits per heavy atom. The van der Waals surface area contributed by atoms with Gasteiger partial charge in [-0.3, -0.25) is 4.79 Å². The lowest BCUT2D eigenvalue weighted by atomic mass is 9.88. The molecule has 200 valence electrons. The molecule has 1 saturated heterocycles. The first-order valence-corrected chi connectivity index (χ1v) is 14.6. The predicted molar refractivity (Wildman–Crippen MR) is 149 cm³/mol. The lowest BCUT2D eigenvalue weighted by Gasteiger charge is -2.31. The van der Waals surface area contributed by atoms with Gasteiger partial charge in [-0.15, -0.1) is 0 Å². The van der Waals surface area contributed by atoms with E-state index in [9.17, 15) is 13.2 Å². The summed E-state index contributed by atoms with van der Waals surface area (Å²) in [5.41, 5.74) is 11.1. The normalized spacial score (nSPS) is 15.3. The van der Waals surface area contributed by atoms with Crippen molar-refractivity contribution in [2.45, 2.75) is 45.7 Å². The molecule has 38 heavy (non-hydrogen) atoms. The molecule has 8 nitrogen and oxygen atoms in total. The van der Waals surface area contributed by atoms with E-state index in [1.165, 1.54) is 0 Å². The Labute approximate surface area is 223 Å². The van der Waals surface area contributed by atoms with Crippen molar-refractivity contribution in [1.29, 1.82) is 0 Å². The number of carbonyl (C=O) groups excluding carboxylic acids is 1. The Bertz CT molecular complexity index is 1560. The van der Waals surface area contributed by atoms with Gasteiger partial charge in [0.15, 0.2) is 0 Å². The van der Waals surface area contributed by atoms with E-state index in [1.54, 1.807) is 11.2 Å². The molecule has 0 saturated carbocycles. The summed E-state index contributed by atoms with van der Waals surface area (Å²) in [7, 11) is -3.19. The van der Waals surface area contributed by atoms with Crippen molar-refractivity contribution in [3.63, 3.8) is 0 Å². The van der Waals surface area contributed by atoms with E-state index >= 15 is 0 Å². The molecule has 0 radical (unpaired) electrons. The van der Waals surface area contributed by atoms with Crippen LogP contribution in [0.3, 0.4) is 0 Å². The molecular weight excluding hydrogens is 500 g/mol. The molecule has 2 aromatic carbocycles. The fourth-order valence-electron chi connectivity index (χ4n) is 5.35. The summed E-state index contributed by atoms with van der Waals surface area (Å²) in [5.74, 6) is 1.62. The average molecular weight is 535 g/mol. The zero-order valence-electron chi connectivity index (χ0n) is 21.8. The third-order valence-electron chi connectivity index (χ3n) is 7.42. The molecule has 0 atom stereocenters. The Morgan fingerprint density at radius 2 is 1.89 bits per heavy atom. The number of nitrogens with two attached hydrogens (primary N) is 1. The number of carbonyl (C=O) groups is 1. The minimum atomic E-state index is -3.19. The van der Waals surface area contributed by atoms with E-state index in [-0.39, 0.29) is 11.7 Å². The Kier molecular flexibility index (Phi) is 7.43. The molecule has 1 aliphatic rings. The van der Waals surface area contributed by atoms with Crippen molar-refractivity contribution in [3.05, 3.63) is 82.9 Å². The van der Waals surface area contributed by atoms with Gasteiger partial charge in [-0.2, -0.15) is 0 Å². The van der Waals surface area contributed by atoms with Crippen LogP contribution in [-0.2, 0) is 23.1 Å². The number of aryl methyl sites for hydroxylation is 1. The first-order chi connectivity index (χ1) is 18.2. The topological polar surface area (TPSA) is 121 Å². The van der Waals surface area contributed by atoms with E-state index in [0.29, 0.717) is 31.7 Å². The molecule has 0 spiro atoms. The van der Waals surface area contributed by atoms with Gasteiger partial charge in [0.2, 0.25) is 10.0 Å². The van der Waals surface area contributed by atoms with Gasteiger partial charge in [-0.1, -0.05) is 18.2 Å². The molecule has 1 aliphatic heterocycles. The fraction of sp³-hybridized carbons (Fsp3) is 0.345. The number of furan rings is 1. The van der Waals surface area contributed by atoms with Crippen molar-refractivity contribution in [3.8, 4) is 11.1 Å². The number of piperidine rings is 1. The first-order valence-electron chi connectivity index (χ1n) is 13.0. The molecule has 1 amide bonds. The number of nitrogens with zero attached hydrogens (tertiary/aromatic N) is 1. The highest BCUT2D eigenvalue weighted by atomic mass is 32.2. The zero-order valence-corrected chi connectivity index (χ0v) is 22.6. The molecule has 0 unspecified atom stereocenters. The third-order valence-corrected chi connectivity index (χ3v) is 9.30. The van der Waals surface area contributed by atoms with E-state index in [1.807, 2.05) is 43.5 Å². The van der Waals surface area contributed by atoms with Crippen molar-refractivity contribution in [2.75, 3.05) is 18.8 Å². The molecule has 0 bridgehead atoms. The van der Waals surface area contributed by atoms with Crippen molar-refractivity contribution in [2.24, 2.45) is 5.73 Å². The second-order valence-electron chi connectivity index (χ2n) is 9.94. The number of H-pyrrole nitrogens is 1. The van der Waals surface area contributed by atoms with Crippen LogP contribution in [0.2, 0.25) is 0 Å². The highest BCUT2D eigenvalue weighted by Crippen LogP contribution is 2.37. The molecule has 1 fully saturated rings. The maximum atomic E-state index is 12.4. The summed E-state index contributed by atoms with van der Waals surface area (Å²) in [5, 5.41) is 4.38. The third kappa shape index (κ3) is 5.41. The van der Waals surface area contributed by atoms with E-state index in [4.69, 9.17) is 10.2 Å². The lowest BCUT2D eigenvalue weighted by molar-refractivity contribution is 0.100. The van der Waals surface area contributed by atoms with Crippen molar-refractivity contribution < 1.29 is 17.6 Å². The first kappa shape index (κ1) is 26.2. The van der Waals surface area contributed by atoms with Crippen LogP contribution in [0.15, 0.2) is 59.1 Å². The number of benzene rings is 2. The minimum absolute atomic E-state index is 0.118. The molecule has 4 aromatic rings. The number of primary amides is 1. The number of sulfonamides is 1.